The van der Waals surface area contributed by atoms with Gasteiger partial charge in [-0.25, -0.2) is 4.79 Å². The molecule has 28 heavy (non-hydrogen) atoms. The fourth-order valence-electron chi connectivity index (χ4n) is 4.22. The number of urea groups is 1. The van der Waals surface area contributed by atoms with Gasteiger partial charge in [-0.15, -0.1) is 0 Å². The van der Waals surface area contributed by atoms with Crippen molar-refractivity contribution in [2.24, 2.45) is 0 Å². The Hall–Kier alpha value is -1.42. The van der Waals surface area contributed by atoms with Crippen LogP contribution in [0, 0.1) is 0 Å². The van der Waals surface area contributed by atoms with Crippen LogP contribution >= 0.6 is 0 Å². The number of hydrogen-bond donors (Lipinski definition) is 2. The summed E-state index contributed by atoms with van der Waals surface area (Å²) in [6.45, 7) is 2.79. The first-order valence-electron chi connectivity index (χ1n) is 10.3. The number of amides is 2. The van der Waals surface area contributed by atoms with Crippen molar-refractivity contribution in [1.29, 1.82) is 0 Å². The Kier molecular flexibility index (Phi) is 7.50. The van der Waals surface area contributed by atoms with Gasteiger partial charge in [0.2, 0.25) is 0 Å². The van der Waals surface area contributed by atoms with E-state index in [1.807, 2.05) is 0 Å². The van der Waals surface area contributed by atoms with Crippen molar-refractivity contribution in [3.05, 3.63) is 0 Å². The maximum atomic E-state index is 12.5. The summed E-state index contributed by atoms with van der Waals surface area (Å²) >= 11 is 0. The summed E-state index contributed by atoms with van der Waals surface area (Å²) in [7, 11) is 1.73. The molecule has 0 radical (unpaired) electrons. The zero-order valence-electron chi connectivity index (χ0n) is 16.7. The highest BCUT2D eigenvalue weighted by Gasteiger charge is 2.41. The summed E-state index contributed by atoms with van der Waals surface area (Å²) in [6, 6.07) is -0.139. The molecule has 160 valence electrons. The molecule has 2 aliphatic heterocycles. The summed E-state index contributed by atoms with van der Waals surface area (Å²) in [5, 5.41) is 11.8. The van der Waals surface area contributed by atoms with E-state index in [2.05, 4.69) is 5.32 Å². The lowest BCUT2D eigenvalue weighted by atomic mass is 10.1. The highest BCUT2D eigenvalue weighted by molar-refractivity contribution is 5.74. The topological polar surface area (TPSA) is 101 Å². The number of ether oxygens (including phenoxy) is 3. The molecule has 3 fully saturated rings. The Labute approximate surface area is 166 Å². The quantitative estimate of drug-likeness (QED) is 0.684. The van der Waals surface area contributed by atoms with Crippen LogP contribution in [0.1, 0.15) is 38.5 Å². The van der Waals surface area contributed by atoms with Crippen molar-refractivity contribution < 1.29 is 28.9 Å². The van der Waals surface area contributed by atoms with Crippen LogP contribution in [-0.4, -0.2) is 97.9 Å². The normalized spacial score (nSPS) is 27.7. The molecule has 0 aromatic rings. The molecule has 3 aliphatic rings. The smallest absolute Gasteiger partial charge is 0.317 e. The number of nitrogens with zero attached hydrogens (tertiary/aromatic N) is 2. The van der Waals surface area contributed by atoms with E-state index in [1.165, 1.54) is 12.8 Å². The molecule has 2 unspecified atom stereocenters. The molecule has 2 heterocycles. The molecule has 3 rings (SSSR count). The molecule has 1 aliphatic carbocycles. The van der Waals surface area contributed by atoms with Crippen LogP contribution in [0.25, 0.3) is 0 Å². The molecule has 0 bridgehead atoms. The van der Waals surface area contributed by atoms with Crippen LogP contribution in [0.4, 0.5) is 4.79 Å². The molecule has 2 amide bonds. The average molecular weight is 399 g/mol. The fourth-order valence-corrected chi connectivity index (χ4v) is 4.22. The molecular weight excluding hydrogens is 366 g/mol. The number of aliphatic carboxylic acids is 1. The first-order valence-corrected chi connectivity index (χ1v) is 10.3. The first kappa shape index (κ1) is 21.3. The number of rotatable bonds is 6. The van der Waals surface area contributed by atoms with E-state index in [-0.39, 0.29) is 24.8 Å². The molecule has 1 saturated carbocycles. The highest BCUT2D eigenvalue weighted by Crippen LogP contribution is 2.36. The Morgan fingerprint density at radius 1 is 1.21 bits per heavy atom. The third-order valence-corrected chi connectivity index (χ3v) is 5.61. The van der Waals surface area contributed by atoms with E-state index in [1.54, 1.807) is 16.8 Å². The van der Waals surface area contributed by atoms with E-state index >= 15 is 0 Å². The first-order chi connectivity index (χ1) is 13.5. The van der Waals surface area contributed by atoms with E-state index in [4.69, 9.17) is 19.3 Å². The second-order valence-corrected chi connectivity index (χ2v) is 8.09. The molecule has 2 saturated heterocycles. The maximum absolute atomic E-state index is 12.5. The average Bonchev–Trinajstić information content (AvgIpc) is 2.90. The van der Waals surface area contributed by atoms with E-state index in [0.717, 1.165) is 25.7 Å². The minimum absolute atomic E-state index is 0.0488. The number of nitrogens with one attached hydrogen (secondary N) is 1. The van der Waals surface area contributed by atoms with Gasteiger partial charge in [0.05, 0.1) is 25.9 Å². The van der Waals surface area contributed by atoms with Crippen molar-refractivity contribution >= 4 is 12.0 Å². The van der Waals surface area contributed by atoms with Crippen molar-refractivity contribution in [3.63, 3.8) is 0 Å². The van der Waals surface area contributed by atoms with Gasteiger partial charge in [-0.1, -0.05) is 12.8 Å². The van der Waals surface area contributed by atoms with Crippen molar-refractivity contribution in [2.45, 2.75) is 56.5 Å². The monoisotopic (exact) mass is 399 g/mol. The molecule has 9 nitrogen and oxygen atoms in total. The standard InChI is InChI=1S/C19H33N3O6/c1-21(13-17(23)24)11-16-12-22(8-9-26-16)18(25)20-10-15-14-27-19(28-15)6-4-2-3-5-7-19/h15-16H,2-14H2,1H3,(H,20,25)(H,23,24). The summed E-state index contributed by atoms with van der Waals surface area (Å²) in [5.74, 6) is -1.32. The van der Waals surface area contributed by atoms with Gasteiger partial charge in [0, 0.05) is 39.0 Å². The number of carbonyl (C=O) groups excluding carboxylic acids is 1. The number of carboxylic acids is 1. The summed E-state index contributed by atoms with van der Waals surface area (Å²) in [6.07, 6.45) is 6.30. The van der Waals surface area contributed by atoms with Crippen molar-refractivity contribution in [1.82, 2.24) is 15.1 Å². The van der Waals surface area contributed by atoms with Crippen molar-refractivity contribution in [2.75, 3.05) is 53.0 Å². The Bertz CT molecular complexity index is 538. The predicted octanol–water partition coefficient (Wildman–Crippen LogP) is 0.879. The number of morpholine rings is 1. The summed E-state index contributed by atoms with van der Waals surface area (Å²) in [4.78, 5) is 26.7. The molecular formula is C19H33N3O6. The minimum atomic E-state index is -0.877. The molecule has 1 spiro atoms. The maximum Gasteiger partial charge on any atom is 0.317 e. The van der Waals surface area contributed by atoms with Gasteiger partial charge >= 0.3 is 12.0 Å². The minimum Gasteiger partial charge on any atom is -0.480 e. The number of hydrogen-bond acceptors (Lipinski definition) is 6. The zero-order chi connectivity index (χ0) is 20.0. The van der Waals surface area contributed by atoms with Crippen molar-refractivity contribution in [3.8, 4) is 0 Å². The molecule has 0 aromatic carbocycles. The van der Waals surface area contributed by atoms with Gasteiger partial charge in [0.25, 0.3) is 0 Å². The fraction of sp³-hybridized carbons (Fsp3) is 0.895. The number of carboxylic acid groups (broad SMARTS) is 1. The predicted molar refractivity (Wildman–Crippen MR) is 101 cm³/mol. The van der Waals surface area contributed by atoms with Gasteiger partial charge in [-0.3, -0.25) is 9.69 Å². The molecule has 2 N–H and O–H groups in total. The van der Waals surface area contributed by atoms with Gasteiger partial charge < -0.3 is 29.5 Å². The van der Waals surface area contributed by atoms with E-state index in [9.17, 15) is 9.59 Å². The van der Waals surface area contributed by atoms with Crippen LogP contribution in [0.15, 0.2) is 0 Å². The van der Waals surface area contributed by atoms with E-state index in [0.29, 0.717) is 39.4 Å². The van der Waals surface area contributed by atoms with Crippen LogP contribution in [0.2, 0.25) is 0 Å². The lowest BCUT2D eigenvalue weighted by Gasteiger charge is -2.34. The van der Waals surface area contributed by atoms with Gasteiger partial charge in [0.15, 0.2) is 5.79 Å². The van der Waals surface area contributed by atoms with Gasteiger partial charge in [-0.2, -0.15) is 0 Å². The Morgan fingerprint density at radius 2 is 1.96 bits per heavy atom. The second kappa shape index (κ2) is 9.87. The van der Waals surface area contributed by atoms with Crippen LogP contribution < -0.4 is 5.32 Å². The third-order valence-electron chi connectivity index (χ3n) is 5.61. The zero-order valence-corrected chi connectivity index (χ0v) is 16.7. The lowest BCUT2D eigenvalue weighted by Crippen LogP contribution is -2.53. The van der Waals surface area contributed by atoms with E-state index < -0.39 is 11.8 Å². The molecule has 0 aromatic heterocycles. The van der Waals surface area contributed by atoms with Crippen LogP contribution in [-0.2, 0) is 19.0 Å². The second-order valence-electron chi connectivity index (χ2n) is 8.09. The van der Waals surface area contributed by atoms with Crippen LogP contribution in [0.5, 0.6) is 0 Å². The summed E-state index contributed by atoms with van der Waals surface area (Å²) in [5.41, 5.74) is 0. The Morgan fingerprint density at radius 3 is 2.68 bits per heavy atom. The highest BCUT2D eigenvalue weighted by atomic mass is 16.7. The SMILES string of the molecule is CN(CC(=O)O)CC1CN(C(=O)NCC2COC3(CCCCCC3)O2)CCO1. The third kappa shape index (κ3) is 6.04. The van der Waals surface area contributed by atoms with Crippen LogP contribution in [0.3, 0.4) is 0 Å². The molecule has 2 atom stereocenters. The van der Waals surface area contributed by atoms with Gasteiger partial charge in [0.1, 0.15) is 6.10 Å². The molecule has 9 heteroatoms. The largest absolute Gasteiger partial charge is 0.480 e. The van der Waals surface area contributed by atoms with Gasteiger partial charge in [-0.05, 0) is 19.9 Å². The Balaban J connectivity index is 1.40. The lowest BCUT2D eigenvalue weighted by molar-refractivity contribution is -0.175. The summed E-state index contributed by atoms with van der Waals surface area (Å²) < 4.78 is 17.8. The number of likely N-dealkylation sites (N-methyl/N-ethyl adjacent to an activating group) is 1. The number of carbonyl (C=O) groups is 2.